The number of ether oxygens (including phenoxy) is 1. The van der Waals surface area contributed by atoms with Crippen molar-refractivity contribution in [2.45, 2.75) is 39.5 Å². The summed E-state index contributed by atoms with van der Waals surface area (Å²) in [4.78, 5) is 15.5. The van der Waals surface area contributed by atoms with Crippen molar-refractivity contribution >= 4 is 40.3 Å². The van der Waals surface area contributed by atoms with Crippen molar-refractivity contribution in [3.63, 3.8) is 0 Å². The Balaban J connectivity index is 1.68. The van der Waals surface area contributed by atoms with Gasteiger partial charge in [-0.1, -0.05) is 68.9 Å². The molecule has 0 saturated carbocycles. The predicted molar refractivity (Wildman–Crippen MR) is 144 cm³/mol. The summed E-state index contributed by atoms with van der Waals surface area (Å²) in [5.74, 6) is 0.815. The third-order valence-corrected chi connectivity index (χ3v) is 6.89. The molecule has 34 heavy (non-hydrogen) atoms. The second kappa shape index (κ2) is 11.5. The molecule has 1 aliphatic heterocycles. The van der Waals surface area contributed by atoms with Crippen molar-refractivity contribution in [1.82, 2.24) is 14.7 Å². The SMILES string of the molecule is CCCCCN1C(=O)/C(=C/c2cn(-c3ccccc3)nc2-c2ccc(OCCC)cc2)SC1=S. The first kappa shape index (κ1) is 24.2. The summed E-state index contributed by atoms with van der Waals surface area (Å²) in [5.41, 5.74) is 3.60. The molecule has 0 N–H and O–H groups in total. The van der Waals surface area contributed by atoms with E-state index in [2.05, 4.69) is 13.8 Å². The lowest BCUT2D eigenvalue weighted by atomic mass is 10.1. The molecular formula is C27H29N3O2S2. The Morgan fingerprint density at radius 2 is 1.79 bits per heavy atom. The fraction of sp³-hybridized carbons (Fsp3) is 0.296. The van der Waals surface area contributed by atoms with E-state index in [1.54, 1.807) is 4.90 Å². The fourth-order valence-corrected chi connectivity index (χ4v) is 5.01. The highest BCUT2D eigenvalue weighted by atomic mass is 32.2. The molecule has 1 amide bonds. The number of hydrogen-bond acceptors (Lipinski definition) is 5. The molecule has 5 nitrogen and oxygen atoms in total. The number of unbranched alkanes of at least 4 members (excludes halogenated alkanes) is 2. The summed E-state index contributed by atoms with van der Waals surface area (Å²) in [7, 11) is 0. The van der Waals surface area contributed by atoms with E-state index in [4.69, 9.17) is 22.1 Å². The lowest BCUT2D eigenvalue weighted by Gasteiger charge is -2.13. The molecule has 0 spiro atoms. The molecule has 0 atom stereocenters. The zero-order valence-electron chi connectivity index (χ0n) is 19.6. The van der Waals surface area contributed by atoms with Crippen LogP contribution in [0.5, 0.6) is 5.75 Å². The highest BCUT2D eigenvalue weighted by Crippen LogP contribution is 2.35. The van der Waals surface area contributed by atoms with Gasteiger partial charge in [-0.25, -0.2) is 4.68 Å². The van der Waals surface area contributed by atoms with Crippen molar-refractivity contribution in [1.29, 1.82) is 0 Å². The van der Waals surface area contributed by atoms with Gasteiger partial charge in [0.1, 0.15) is 10.1 Å². The molecule has 1 fully saturated rings. The molecule has 1 saturated heterocycles. The maximum atomic E-state index is 13.1. The van der Waals surface area contributed by atoms with Crippen LogP contribution in [-0.2, 0) is 4.79 Å². The number of thiocarbonyl (C=S) groups is 1. The van der Waals surface area contributed by atoms with Crippen LogP contribution in [0.4, 0.5) is 0 Å². The maximum Gasteiger partial charge on any atom is 0.266 e. The van der Waals surface area contributed by atoms with E-state index in [9.17, 15) is 4.79 Å². The number of para-hydroxylation sites is 1. The summed E-state index contributed by atoms with van der Waals surface area (Å²) >= 11 is 6.88. The summed E-state index contributed by atoms with van der Waals surface area (Å²) in [5, 5.41) is 4.87. The predicted octanol–water partition coefficient (Wildman–Crippen LogP) is 6.72. The van der Waals surface area contributed by atoms with E-state index in [0.717, 1.165) is 53.9 Å². The van der Waals surface area contributed by atoms with Crippen LogP contribution >= 0.6 is 24.0 Å². The molecule has 176 valence electrons. The molecule has 1 aliphatic rings. The van der Waals surface area contributed by atoms with Gasteiger partial charge < -0.3 is 4.74 Å². The van der Waals surface area contributed by atoms with E-state index >= 15 is 0 Å². The molecular weight excluding hydrogens is 462 g/mol. The third kappa shape index (κ3) is 5.59. The van der Waals surface area contributed by atoms with Gasteiger partial charge >= 0.3 is 0 Å². The number of nitrogens with zero attached hydrogens (tertiary/aromatic N) is 3. The van der Waals surface area contributed by atoms with Crippen LogP contribution in [0.25, 0.3) is 23.0 Å². The number of hydrogen-bond donors (Lipinski definition) is 0. The lowest BCUT2D eigenvalue weighted by molar-refractivity contribution is -0.122. The Morgan fingerprint density at radius 1 is 1.03 bits per heavy atom. The Bertz CT molecular complexity index is 1170. The summed E-state index contributed by atoms with van der Waals surface area (Å²) in [6.07, 6.45) is 8.00. The average molecular weight is 492 g/mol. The van der Waals surface area contributed by atoms with Gasteiger partial charge in [0.15, 0.2) is 0 Å². The zero-order chi connectivity index (χ0) is 23.9. The summed E-state index contributed by atoms with van der Waals surface area (Å²) in [6, 6.07) is 17.9. The van der Waals surface area contributed by atoms with Gasteiger partial charge in [-0.05, 0) is 55.3 Å². The van der Waals surface area contributed by atoms with Crippen LogP contribution in [0.1, 0.15) is 45.1 Å². The van der Waals surface area contributed by atoms with Crippen molar-refractivity contribution in [2.24, 2.45) is 0 Å². The Kier molecular flexibility index (Phi) is 8.19. The van der Waals surface area contributed by atoms with E-state index in [-0.39, 0.29) is 5.91 Å². The van der Waals surface area contributed by atoms with Gasteiger partial charge in [-0.2, -0.15) is 5.10 Å². The van der Waals surface area contributed by atoms with Gasteiger partial charge in [0.2, 0.25) is 0 Å². The van der Waals surface area contributed by atoms with Crippen LogP contribution in [0.3, 0.4) is 0 Å². The number of benzene rings is 2. The molecule has 0 bridgehead atoms. The van der Waals surface area contributed by atoms with Gasteiger partial charge in [-0.15, -0.1) is 0 Å². The number of thioether (sulfide) groups is 1. The van der Waals surface area contributed by atoms with Crippen molar-refractivity contribution in [2.75, 3.05) is 13.2 Å². The molecule has 4 rings (SSSR count). The fourth-order valence-electron chi connectivity index (χ4n) is 3.71. The second-order valence-corrected chi connectivity index (χ2v) is 9.80. The number of rotatable bonds is 10. The zero-order valence-corrected chi connectivity index (χ0v) is 21.2. The molecule has 0 radical (unpaired) electrons. The Morgan fingerprint density at radius 3 is 2.50 bits per heavy atom. The first-order valence-corrected chi connectivity index (χ1v) is 13.0. The van der Waals surface area contributed by atoms with Crippen LogP contribution < -0.4 is 4.74 Å². The van der Waals surface area contributed by atoms with Crippen LogP contribution in [0, 0.1) is 0 Å². The van der Waals surface area contributed by atoms with Crippen molar-refractivity contribution in [3.8, 4) is 22.7 Å². The summed E-state index contributed by atoms with van der Waals surface area (Å²) in [6.45, 7) is 5.60. The molecule has 1 aromatic heterocycles. The molecule has 3 aromatic rings. The molecule has 7 heteroatoms. The smallest absolute Gasteiger partial charge is 0.266 e. The number of carbonyl (C=O) groups is 1. The Labute approximate surface area is 210 Å². The standard InChI is InChI=1S/C27H29N3O2S2/c1-3-5-9-16-29-26(31)24(34-27(29)33)18-21-19-30(22-10-7-6-8-11-22)28-25(21)20-12-14-23(15-13-20)32-17-4-2/h6-8,10-15,18-19H,3-5,9,16-17H2,1-2H3/b24-18-. The first-order chi connectivity index (χ1) is 16.6. The monoisotopic (exact) mass is 491 g/mol. The highest BCUT2D eigenvalue weighted by Gasteiger charge is 2.32. The topological polar surface area (TPSA) is 47.4 Å². The number of carbonyl (C=O) groups excluding carboxylic acids is 1. The van der Waals surface area contributed by atoms with E-state index in [0.29, 0.717) is 22.4 Å². The van der Waals surface area contributed by atoms with E-state index in [1.165, 1.54) is 11.8 Å². The Hall–Kier alpha value is -2.90. The quantitative estimate of drug-likeness (QED) is 0.179. The van der Waals surface area contributed by atoms with Crippen LogP contribution in [-0.4, -0.2) is 38.1 Å². The van der Waals surface area contributed by atoms with E-state index < -0.39 is 0 Å². The van der Waals surface area contributed by atoms with E-state index in [1.807, 2.05) is 71.6 Å². The van der Waals surface area contributed by atoms with Gasteiger partial charge in [0.05, 0.1) is 22.9 Å². The highest BCUT2D eigenvalue weighted by molar-refractivity contribution is 8.26. The minimum absolute atomic E-state index is 0.0205. The maximum absolute atomic E-state index is 13.1. The van der Waals surface area contributed by atoms with Gasteiger partial charge in [-0.3, -0.25) is 9.69 Å². The normalized spacial score (nSPS) is 14.9. The average Bonchev–Trinajstić information content (AvgIpc) is 3.40. The molecule has 2 heterocycles. The summed E-state index contributed by atoms with van der Waals surface area (Å²) < 4.78 is 8.21. The largest absolute Gasteiger partial charge is 0.494 e. The second-order valence-electron chi connectivity index (χ2n) is 8.13. The van der Waals surface area contributed by atoms with Crippen LogP contribution in [0.15, 0.2) is 65.7 Å². The lowest BCUT2D eigenvalue weighted by Crippen LogP contribution is -2.28. The van der Waals surface area contributed by atoms with Gasteiger partial charge in [0, 0.05) is 23.9 Å². The molecule has 0 unspecified atom stereocenters. The molecule has 0 aliphatic carbocycles. The number of aromatic nitrogens is 2. The van der Waals surface area contributed by atoms with Crippen molar-refractivity contribution < 1.29 is 9.53 Å². The third-order valence-electron chi connectivity index (χ3n) is 5.51. The van der Waals surface area contributed by atoms with Gasteiger partial charge in [0.25, 0.3) is 5.91 Å². The van der Waals surface area contributed by atoms with Crippen LogP contribution in [0.2, 0.25) is 0 Å². The first-order valence-electron chi connectivity index (χ1n) is 11.7. The number of amides is 1. The van der Waals surface area contributed by atoms with Crippen molar-refractivity contribution in [3.05, 3.63) is 71.3 Å². The minimum atomic E-state index is -0.0205. The minimum Gasteiger partial charge on any atom is -0.494 e. The molecule has 2 aromatic carbocycles.